The number of carbonyl (C=O) groups is 2. The van der Waals surface area contributed by atoms with Crippen LogP contribution in [0.3, 0.4) is 0 Å². The lowest BCUT2D eigenvalue weighted by atomic mass is 10.2. The zero-order valence-corrected chi connectivity index (χ0v) is 11.1. The molecule has 4 nitrogen and oxygen atoms in total. The second-order valence-corrected chi connectivity index (χ2v) is 6.25. The quantitative estimate of drug-likeness (QED) is 0.839. The van der Waals surface area contributed by atoms with Crippen LogP contribution < -0.4 is 5.32 Å². The molecule has 1 fully saturated rings. The predicted octanol–water partition coefficient (Wildman–Crippen LogP) is 1.36. The minimum absolute atomic E-state index is 0.216. The number of thiophene rings is 1. The number of nitrogens with one attached hydrogen (secondary N) is 1. The smallest absolute Gasteiger partial charge is 0.243 e. The molecular formula is C10H11BrN2O2S. The lowest BCUT2D eigenvalue weighted by Crippen LogP contribution is -2.56. The van der Waals surface area contributed by atoms with Gasteiger partial charge in [0.1, 0.15) is 0 Å². The third-order valence-electron chi connectivity index (χ3n) is 2.52. The molecule has 0 aliphatic carbocycles. The Balaban J connectivity index is 2.08. The molecule has 86 valence electrons. The van der Waals surface area contributed by atoms with Crippen molar-refractivity contribution in [1.29, 1.82) is 0 Å². The van der Waals surface area contributed by atoms with E-state index < -0.39 is 0 Å². The molecule has 0 radical (unpaired) electrons. The van der Waals surface area contributed by atoms with Crippen molar-refractivity contribution in [2.24, 2.45) is 0 Å². The van der Waals surface area contributed by atoms with Gasteiger partial charge in [-0.05, 0) is 35.0 Å². The Kier molecular flexibility index (Phi) is 3.41. The zero-order valence-electron chi connectivity index (χ0n) is 8.70. The molecule has 1 N–H and O–H groups in total. The molecule has 1 atom stereocenters. The predicted molar refractivity (Wildman–Crippen MR) is 65.0 cm³/mol. The molecule has 1 aromatic heterocycles. The Bertz CT molecular complexity index is 432. The van der Waals surface area contributed by atoms with Gasteiger partial charge in [-0.2, -0.15) is 0 Å². The minimum Gasteiger partial charge on any atom is -0.294 e. The van der Waals surface area contributed by atoms with Crippen molar-refractivity contribution in [3.05, 3.63) is 20.8 Å². The van der Waals surface area contributed by atoms with E-state index in [-0.39, 0.29) is 24.4 Å². The van der Waals surface area contributed by atoms with Gasteiger partial charge in [0.05, 0.1) is 16.4 Å². The Morgan fingerprint density at radius 3 is 2.94 bits per heavy atom. The van der Waals surface area contributed by atoms with Gasteiger partial charge >= 0.3 is 0 Å². The third-order valence-corrected chi connectivity index (χ3v) is 4.13. The highest BCUT2D eigenvalue weighted by Gasteiger charge is 2.30. The zero-order chi connectivity index (χ0) is 11.7. The molecule has 0 spiro atoms. The van der Waals surface area contributed by atoms with Crippen molar-refractivity contribution in [2.75, 3.05) is 6.54 Å². The van der Waals surface area contributed by atoms with E-state index >= 15 is 0 Å². The van der Waals surface area contributed by atoms with Crippen molar-refractivity contribution in [3.8, 4) is 0 Å². The SMILES string of the molecule is CC1C(=O)NC(=O)CN1Cc1ccc(Br)s1. The van der Waals surface area contributed by atoms with E-state index in [4.69, 9.17) is 0 Å². The summed E-state index contributed by atoms with van der Waals surface area (Å²) >= 11 is 5.01. The van der Waals surface area contributed by atoms with Crippen LogP contribution in [-0.2, 0) is 16.1 Å². The van der Waals surface area contributed by atoms with Crippen molar-refractivity contribution in [2.45, 2.75) is 19.5 Å². The molecule has 0 saturated carbocycles. The summed E-state index contributed by atoms with van der Waals surface area (Å²) in [5, 5.41) is 2.32. The molecule has 6 heteroatoms. The molecule has 2 heterocycles. The highest BCUT2D eigenvalue weighted by atomic mass is 79.9. The molecule has 16 heavy (non-hydrogen) atoms. The van der Waals surface area contributed by atoms with Crippen LogP contribution in [0.1, 0.15) is 11.8 Å². The van der Waals surface area contributed by atoms with Gasteiger partial charge in [-0.1, -0.05) is 0 Å². The fraction of sp³-hybridized carbons (Fsp3) is 0.400. The molecular weight excluding hydrogens is 292 g/mol. The number of rotatable bonds is 2. The van der Waals surface area contributed by atoms with Gasteiger partial charge in [0.25, 0.3) is 0 Å². The van der Waals surface area contributed by atoms with Crippen LogP contribution in [0.2, 0.25) is 0 Å². The van der Waals surface area contributed by atoms with Crippen molar-refractivity contribution >= 4 is 39.1 Å². The van der Waals surface area contributed by atoms with Crippen LogP contribution in [0.5, 0.6) is 0 Å². The summed E-state index contributed by atoms with van der Waals surface area (Å²) in [5.41, 5.74) is 0. The second kappa shape index (κ2) is 4.65. The average molecular weight is 303 g/mol. The van der Waals surface area contributed by atoms with Crippen molar-refractivity contribution in [3.63, 3.8) is 0 Å². The largest absolute Gasteiger partial charge is 0.294 e. The van der Waals surface area contributed by atoms with Crippen LogP contribution >= 0.6 is 27.3 Å². The van der Waals surface area contributed by atoms with E-state index in [1.54, 1.807) is 11.3 Å². The first kappa shape index (κ1) is 11.8. The summed E-state index contributed by atoms with van der Waals surface area (Å²) in [4.78, 5) is 25.7. The molecule has 0 aromatic carbocycles. The number of hydrogen-bond donors (Lipinski definition) is 1. The lowest BCUT2D eigenvalue weighted by Gasteiger charge is -2.30. The van der Waals surface area contributed by atoms with Gasteiger partial charge in [0.15, 0.2) is 0 Å². The monoisotopic (exact) mass is 302 g/mol. The van der Waals surface area contributed by atoms with Gasteiger partial charge in [-0.25, -0.2) is 0 Å². The fourth-order valence-corrected chi connectivity index (χ4v) is 3.11. The molecule has 0 bridgehead atoms. The number of carbonyl (C=O) groups excluding carboxylic acids is 2. The maximum absolute atomic E-state index is 11.4. The Labute approximate surface area is 106 Å². The summed E-state index contributed by atoms with van der Waals surface area (Å²) in [6, 6.07) is 3.72. The summed E-state index contributed by atoms with van der Waals surface area (Å²) in [5.74, 6) is -0.439. The van der Waals surface area contributed by atoms with E-state index in [0.29, 0.717) is 6.54 Å². The van der Waals surface area contributed by atoms with Crippen LogP contribution in [0, 0.1) is 0 Å². The Morgan fingerprint density at radius 2 is 2.31 bits per heavy atom. The van der Waals surface area contributed by atoms with Crippen molar-refractivity contribution < 1.29 is 9.59 Å². The molecule has 1 aliphatic rings. The molecule has 1 saturated heterocycles. The lowest BCUT2D eigenvalue weighted by molar-refractivity contribution is -0.139. The highest BCUT2D eigenvalue weighted by molar-refractivity contribution is 9.11. The number of halogens is 1. The van der Waals surface area contributed by atoms with Crippen LogP contribution in [0.25, 0.3) is 0 Å². The molecule has 1 unspecified atom stereocenters. The van der Waals surface area contributed by atoms with E-state index in [9.17, 15) is 9.59 Å². The number of nitrogens with zero attached hydrogens (tertiary/aromatic N) is 1. The summed E-state index contributed by atoms with van der Waals surface area (Å²) in [7, 11) is 0. The second-order valence-electron chi connectivity index (χ2n) is 3.70. The fourth-order valence-electron chi connectivity index (χ4n) is 1.60. The van der Waals surface area contributed by atoms with Gasteiger partial charge in [-0.3, -0.25) is 19.8 Å². The van der Waals surface area contributed by atoms with E-state index in [1.807, 2.05) is 24.0 Å². The maximum Gasteiger partial charge on any atom is 0.243 e. The number of hydrogen-bond acceptors (Lipinski definition) is 4. The minimum atomic E-state index is -0.251. The summed E-state index contributed by atoms with van der Waals surface area (Å²) < 4.78 is 1.06. The Morgan fingerprint density at radius 1 is 1.56 bits per heavy atom. The average Bonchev–Trinajstić information content (AvgIpc) is 2.60. The normalized spacial score (nSPS) is 22.2. The standard InChI is InChI=1S/C10H11BrN2O2S/c1-6-10(15)12-9(14)5-13(6)4-7-2-3-8(11)16-7/h2-3,6H,4-5H2,1H3,(H,12,14,15). The molecule has 1 aromatic rings. The molecule has 1 aliphatic heterocycles. The van der Waals surface area contributed by atoms with Gasteiger partial charge < -0.3 is 0 Å². The van der Waals surface area contributed by atoms with E-state index in [2.05, 4.69) is 21.2 Å². The molecule has 2 amide bonds. The first-order valence-electron chi connectivity index (χ1n) is 4.88. The van der Waals surface area contributed by atoms with Gasteiger partial charge in [0.2, 0.25) is 11.8 Å². The highest BCUT2D eigenvalue weighted by Crippen LogP contribution is 2.24. The first-order chi connectivity index (χ1) is 7.56. The summed E-state index contributed by atoms with van der Waals surface area (Å²) in [6.45, 7) is 2.73. The number of imide groups is 1. The van der Waals surface area contributed by atoms with Crippen LogP contribution in [0.15, 0.2) is 15.9 Å². The number of piperazine rings is 1. The van der Waals surface area contributed by atoms with E-state index in [1.165, 1.54) is 0 Å². The van der Waals surface area contributed by atoms with Gasteiger partial charge in [-0.15, -0.1) is 11.3 Å². The van der Waals surface area contributed by atoms with Crippen molar-refractivity contribution in [1.82, 2.24) is 10.2 Å². The summed E-state index contributed by atoms with van der Waals surface area (Å²) in [6.07, 6.45) is 0. The third kappa shape index (κ3) is 2.50. The Hall–Kier alpha value is -0.720. The van der Waals surface area contributed by atoms with E-state index in [0.717, 1.165) is 8.66 Å². The maximum atomic E-state index is 11.4. The first-order valence-corrected chi connectivity index (χ1v) is 6.49. The van der Waals surface area contributed by atoms with Crippen LogP contribution in [0.4, 0.5) is 0 Å². The molecule has 2 rings (SSSR count). The van der Waals surface area contributed by atoms with Crippen LogP contribution in [-0.4, -0.2) is 29.3 Å². The van der Waals surface area contributed by atoms with Gasteiger partial charge in [0, 0.05) is 11.4 Å². The number of amides is 2. The topological polar surface area (TPSA) is 49.4 Å².